The highest BCUT2D eigenvalue weighted by Crippen LogP contribution is 2.27. The van der Waals surface area contributed by atoms with Crippen LogP contribution in [-0.2, 0) is 16.4 Å². The van der Waals surface area contributed by atoms with Gasteiger partial charge in [-0.1, -0.05) is 54.5 Å². The van der Waals surface area contributed by atoms with E-state index in [1.54, 1.807) is 30.3 Å². The van der Waals surface area contributed by atoms with E-state index in [-0.39, 0.29) is 15.5 Å². The van der Waals surface area contributed by atoms with Crippen LogP contribution in [-0.4, -0.2) is 31.6 Å². The molecule has 0 aliphatic rings. The van der Waals surface area contributed by atoms with Crippen molar-refractivity contribution in [2.75, 3.05) is 16.7 Å². The quantitative estimate of drug-likeness (QED) is 0.525. The molecule has 0 unspecified atom stereocenters. The van der Waals surface area contributed by atoms with Crippen molar-refractivity contribution < 1.29 is 13.2 Å². The number of carbonyl (C=O) groups is 1. The Balaban J connectivity index is 1.84. The normalized spacial score (nSPS) is 11.3. The van der Waals surface area contributed by atoms with Gasteiger partial charge in [0.2, 0.25) is 5.13 Å². The number of amides is 1. The second-order valence-corrected chi connectivity index (χ2v) is 9.95. The lowest BCUT2D eigenvalue weighted by atomic mass is 10.2. The van der Waals surface area contributed by atoms with Gasteiger partial charge in [-0.3, -0.25) is 14.4 Å². The number of hydrogen-bond donors (Lipinski definition) is 1. The molecule has 10 heteroatoms. The van der Waals surface area contributed by atoms with E-state index in [2.05, 4.69) is 22.4 Å². The number of anilines is 2. The van der Waals surface area contributed by atoms with Gasteiger partial charge in [0, 0.05) is 13.5 Å². The summed E-state index contributed by atoms with van der Waals surface area (Å²) >= 11 is 7.47. The van der Waals surface area contributed by atoms with Crippen molar-refractivity contribution >= 4 is 49.7 Å². The third kappa shape index (κ3) is 4.97. The van der Waals surface area contributed by atoms with E-state index in [1.165, 1.54) is 36.6 Å². The first-order valence-electron chi connectivity index (χ1n) is 9.30. The van der Waals surface area contributed by atoms with E-state index in [4.69, 9.17) is 11.6 Å². The first-order chi connectivity index (χ1) is 14.3. The highest BCUT2D eigenvalue weighted by Gasteiger charge is 2.24. The predicted molar refractivity (Wildman–Crippen MR) is 120 cm³/mol. The van der Waals surface area contributed by atoms with Crippen LogP contribution in [0, 0.1) is 0 Å². The van der Waals surface area contributed by atoms with Gasteiger partial charge in [0.15, 0.2) is 0 Å². The Bertz CT molecular complexity index is 1130. The summed E-state index contributed by atoms with van der Waals surface area (Å²) < 4.78 is 27.2. The van der Waals surface area contributed by atoms with Crippen LogP contribution in [0.25, 0.3) is 0 Å². The Morgan fingerprint density at radius 1 is 1.17 bits per heavy atom. The van der Waals surface area contributed by atoms with E-state index in [9.17, 15) is 13.2 Å². The Labute approximate surface area is 184 Å². The van der Waals surface area contributed by atoms with E-state index < -0.39 is 15.9 Å². The number of aryl methyl sites for hydroxylation is 1. The predicted octanol–water partition coefficient (Wildman–Crippen LogP) is 4.61. The van der Waals surface area contributed by atoms with Crippen molar-refractivity contribution in [3.8, 4) is 0 Å². The summed E-state index contributed by atoms with van der Waals surface area (Å²) in [4.78, 5) is 12.7. The molecule has 0 spiro atoms. The van der Waals surface area contributed by atoms with E-state index in [1.807, 2.05) is 0 Å². The molecule has 0 atom stereocenters. The summed E-state index contributed by atoms with van der Waals surface area (Å²) in [5.41, 5.74) is 0.552. The first-order valence-corrected chi connectivity index (χ1v) is 11.9. The number of rotatable bonds is 8. The smallest absolute Gasteiger partial charge is 0.264 e. The maximum atomic E-state index is 13.0. The number of benzene rings is 2. The minimum Gasteiger partial charge on any atom is -0.296 e. The van der Waals surface area contributed by atoms with Gasteiger partial charge in [-0.15, -0.1) is 10.2 Å². The number of aromatic nitrogens is 2. The number of halogens is 1. The SMILES string of the molecule is CCCCc1nnc(NC(=O)c2cc(S(=O)(=O)N(C)c3ccccc3)ccc2Cl)s1. The number of carbonyl (C=O) groups excluding carboxylic acids is 1. The molecule has 1 amide bonds. The first kappa shape index (κ1) is 22.2. The Kier molecular flexibility index (Phi) is 7.06. The zero-order valence-electron chi connectivity index (χ0n) is 16.5. The molecule has 30 heavy (non-hydrogen) atoms. The number of sulfonamides is 1. The third-order valence-electron chi connectivity index (χ3n) is 4.39. The fraction of sp³-hybridized carbons (Fsp3) is 0.250. The monoisotopic (exact) mass is 464 g/mol. The maximum Gasteiger partial charge on any atom is 0.264 e. The van der Waals surface area contributed by atoms with Crippen molar-refractivity contribution in [3.05, 3.63) is 64.1 Å². The lowest BCUT2D eigenvalue weighted by Crippen LogP contribution is -2.27. The fourth-order valence-electron chi connectivity index (χ4n) is 2.67. The molecule has 158 valence electrons. The van der Waals surface area contributed by atoms with Crippen LogP contribution in [0.2, 0.25) is 5.02 Å². The van der Waals surface area contributed by atoms with Crippen LogP contribution in [0.4, 0.5) is 10.8 Å². The molecule has 0 radical (unpaired) electrons. The van der Waals surface area contributed by atoms with E-state index >= 15 is 0 Å². The topological polar surface area (TPSA) is 92.3 Å². The second-order valence-electron chi connectivity index (χ2n) is 6.51. The van der Waals surface area contributed by atoms with Gasteiger partial charge in [-0.05, 0) is 36.8 Å². The lowest BCUT2D eigenvalue weighted by molar-refractivity contribution is 0.102. The van der Waals surface area contributed by atoms with Crippen LogP contribution >= 0.6 is 22.9 Å². The Morgan fingerprint density at radius 2 is 1.90 bits per heavy atom. The molecule has 1 N–H and O–H groups in total. The van der Waals surface area contributed by atoms with Gasteiger partial charge >= 0.3 is 0 Å². The molecule has 7 nitrogen and oxygen atoms in total. The summed E-state index contributed by atoms with van der Waals surface area (Å²) in [5, 5.41) is 12.0. The number of nitrogens with zero attached hydrogens (tertiary/aromatic N) is 3. The molecule has 3 aromatic rings. The largest absolute Gasteiger partial charge is 0.296 e. The van der Waals surface area contributed by atoms with Crippen LogP contribution in [0.5, 0.6) is 0 Å². The fourth-order valence-corrected chi connectivity index (χ4v) is 4.87. The highest BCUT2D eigenvalue weighted by atomic mass is 35.5. The number of nitrogens with one attached hydrogen (secondary N) is 1. The summed E-state index contributed by atoms with van der Waals surface area (Å²) in [7, 11) is -2.42. The minimum absolute atomic E-state index is 0.0377. The Hall–Kier alpha value is -2.49. The average molecular weight is 465 g/mol. The number of unbranched alkanes of at least 4 members (excludes halogenated alkanes) is 1. The molecular formula is C20H21ClN4O3S2. The molecule has 1 aromatic heterocycles. The number of hydrogen-bond acceptors (Lipinski definition) is 6. The van der Waals surface area contributed by atoms with Crippen molar-refractivity contribution in [1.82, 2.24) is 10.2 Å². The van der Waals surface area contributed by atoms with Crippen molar-refractivity contribution in [2.24, 2.45) is 0 Å². The van der Waals surface area contributed by atoms with Gasteiger partial charge in [0.1, 0.15) is 5.01 Å². The summed E-state index contributed by atoms with van der Waals surface area (Å²) in [5.74, 6) is -0.544. The summed E-state index contributed by atoms with van der Waals surface area (Å²) in [6.07, 6.45) is 2.82. The standard InChI is InChI=1S/C20H21ClN4O3S2/c1-3-4-10-18-23-24-20(29-18)22-19(26)16-13-15(11-12-17(16)21)30(27,28)25(2)14-8-6-5-7-9-14/h5-9,11-13H,3-4,10H2,1-2H3,(H,22,24,26). The van der Waals surface area contributed by atoms with Crippen molar-refractivity contribution in [1.29, 1.82) is 0 Å². The van der Waals surface area contributed by atoms with Gasteiger partial charge in [-0.2, -0.15) is 0 Å². The second kappa shape index (κ2) is 9.55. The van der Waals surface area contributed by atoms with Crippen LogP contribution in [0.3, 0.4) is 0 Å². The molecule has 0 aliphatic carbocycles. The molecule has 2 aromatic carbocycles. The summed E-state index contributed by atoms with van der Waals surface area (Å²) in [6, 6.07) is 12.7. The van der Waals surface area contributed by atoms with Crippen LogP contribution in [0.1, 0.15) is 35.1 Å². The maximum absolute atomic E-state index is 13.0. The lowest BCUT2D eigenvalue weighted by Gasteiger charge is -2.20. The molecule has 0 saturated carbocycles. The molecular weight excluding hydrogens is 444 g/mol. The number of para-hydroxylation sites is 1. The molecule has 0 saturated heterocycles. The van der Waals surface area contributed by atoms with Crippen LogP contribution in [0.15, 0.2) is 53.4 Å². The Morgan fingerprint density at radius 3 is 2.60 bits per heavy atom. The van der Waals surface area contributed by atoms with Gasteiger partial charge in [0.25, 0.3) is 15.9 Å². The van der Waals surface area contributed by atoms with E-state index in [0.29, 0.717) is 10.8 Å². The van der Waals surface area contributed by atoms with Gasteiger partial charge in [0.05, 0.1) is 21.2 Å². The van der Waals surface area contributed by atoms with Crippen molar-refractivity contribution in [3.63, 3.8) is 0 Å². The molecule has 0 aliphatic heterocycles. The zero-order valence-corrected chi connectivity index (χ0v) is 18.9. The van der Waals surface area contributed by atoms with Gasteiger partial charge < -0.3 is 0 Å². The zero-order chi connectivity index (χ0) is 21.7. The van der Waals surface area contributed by atoms with Crippen LogP contribution < -0.4 is 9.62 Å². The molecule has 0 bridgehead atoms. The highest BCUT2D eigenvalue weighted by molar-refractivity contribution is 7.92. The third-order valence-corrected chi connectivity index (χ3v) is 7.40. The van der Waals surface area contributed by atoms with Crippen molar-refractivity contribution in [2.45, 2.75) is 31.1 Å². The summed E-state index contributed by atoms with van der Waals surface area (Å²) in [6.45, 7) is 2.09. The minimum atomic E-state index is -3.87. The van der Waals surface area contributed by atoms with E-state index in [0.717, 1.165) is 28.6 Å². The van der Waals surface area contributed by atoms with Gasteiger partial charge in [-0.25, -0.2) is 8.42 Å². The molecule has 0 fully saturated rings. The molecule has 3 rings (SSSR count). The molecule has 1 heterocycles. The average Bonchev–Trinajstić information content (AvgIpc) is 3.19.